The van der Waals surface area contributed by atoms with E-state index >= 15 is 0 Å². The third-order valence-electron chi connectivity index (χ3n) is 4.69. The fourth-order valence-corrected chi connectivity index (χ4v) is 3.96. The van der Waals surface area contributed by atoms with Gasteiger partial charge in [-0.25, -0.2) is 4.90 Å². The Morgan fingerprint density at radius 2 is 1.96 bits per heavy atom. The van der Waals surface area contributed by atoms with Crippen LogP contribution in [0.25, 0.3) is 0 Å². The first kappa shape index (κ1) is 18.2. The van der Waals surface area contributed by atoms with Crippen molar-refractivity contribution in [2.24, 2.45) is 0 Å². The van der Waals surface area contributed by atoms with Crippen LogP contribution in [-0.2, 0) is 16.1 Å². The van der Waals surface area contributed by atoms with Crippen LogP contribution in [-0.4, -0.2) is 28.7 Å². The maximum Gasteiger partial charge on any atom is 0.290 e. The molecule has 0 saturated carbocycles. The number of anilines is 1. The van der Waals surface area contributed by atoms with E-state index in [-0.39, 0.29) is 24.6 Å². The van der Waals surface area contributed by atoms with Gasteiger partial charge in [-0.2, -0.15) is 0 Å². The van der Waals surface area contributed by atoms with Gasteiger partial charge in [0, 0.05) is 4.88 Å². The third-order valence-corrected chi connectivity index (χ3v) is 5.55. The summed E-state index contributed by atoms with van der Waals surface area (Å²) in [7, 11) is 0. The molecule has 0 N–H and O–H groups in total. The molecular formula is C21H18N2O4S. The Morgan fingerprint density at radius 3 is 2.61 bits per heavy atom. The van der Waals surface area contributed by atoms with Crippen molar-refractivity contribution in [1.29, 1.82) is 0 Å². The van der Waals surface area contributed by atoms with Crippen LogP contribution >= 0.6 is 11.3 Å². The first-order valence-electron chi connectivity index (χ1n) is 8.85. The monoisotopic (exact) mass is 394 g/mol. The number of furan rings is 1. The van der Waals surface area contributed by atoms with Crippen LogP contribution < -0.4 is 4.90 Å². The van der Waals surface area contributed by atoms with Crippen LogP contribution in [0, 0.1) is 6.92 Å². The summed E-state index contributed by atoms with van der Waals surface area (Å²) < 4.78 is 5.24. The summed E-state index contributed by atoms with van der Waals surface area (Å²) in [5, 5.41) is 1.91. The van der Waals surface area contributed by atoms with E-state index in [1.54, 1.807) is 24.3 Å². The van der Waals surface area contributed by atoms with Gasteiger partial charge in [-0.1, -0.05) is 23.8 Å². The van der Waals surface area contributed by atoms with Crippen LogP contribution in [0.2, 0.25) is 0 Å². The standard InChI is InChI=1S/C21H18N2O4S/c1-14-6-8-15(9-7-14)23-19(24)12-17(20(23)25)22(13-16-4-3-11-28-16)21(26)18-5-2-10-27-18/h2-11,17H,12-13H2,1H3. The Labute approximate surface area is 166 Å². The number of rotatable bonds is 5. The van der Waals surface area contributed by atoms with Crippen LogP contribution in [0.5, 0.6) is 0 Å². The predicted octanol–water partition coefficient (Wildman–Crippen LogP) is 3.62. The highest BCUT2D eigenvalue weighted by atomic mass is 32.1. The van der Waals surface area contributed by atoms with E-state index in [4.69, 9.17) is 4.42 Å². The molecule has 0 radical (unpaired) electrons. The molecule has 1 aromatic carbocycles. The lowest BCUT2D eigenvalue weighted by Gasteiger charge is -2.26. The Morgan fingerprint density at radius 1 is 1.18 bits per heavy atom. The summed E-state index contributed by atoms with van der Waals surface area (Å²) in [6, 6.07) is 13.3. The maximum absolute atomic E-state index is 13.1. The fraction of sp³-hybridized carbons (Fsp3) is 0.190. The van der Waals surface area contributed by atoms with Gasteiger partial charge in [0.05, 0.1) is 24.9 Å². The van der Waals surface area contributed by atoms with Crippen molar-refractivity contribution >= 4 is 34.7 Å². The molecule has 0 aliphatic carbocycles. The normalized spacial score (nSPS) is 16.6. The number of benzene rings is 1. The molecule has 7 heteroatoms. The lowest BCUT2D eigenvalue weighted by molar-refractivity contribution is -0.122. The summed E-state index contributed by atoms with van der Waals surface area (Å²) in [5.74, 6) is -0.978. The van der Waals surface area contributed by atoms with Crippen LogP contribution in [0.1, 0.15) is 27.4 Å². The van der Waals surface area contributed by atoms with Gasteiger partial charge in [0.2, 0.25) is 5.91 Å². The zero-order chi connectivity index (χ0) is 19.7. The molecule has 0 bridgehead atoms. The van der Waals surface area contributed by atoms with Gasteiger partial charge >= 0.3 is 0 Å². The minimum atomic E-state index is -0.867. The van der Waals surface area contributed by atoms with Crippen LogP contribution in [0.15, 0.2) is 64.6 Å². The highest BCUT2D eigenvalue weighted by Crippen LogP contribution is 2.28. The average Bonchev–Trinajstić information content (AvgIpc) is 3.43. The van der Waals surface area contributed by atoms with Crippen LogP contribution in [0.4, 0.5) is 5.69 Å². The number of aryl methyl sites for hydroxylation is 1. The minimum absolute atomic E-state index is 0.0511. The average molecular weight is 394 g/mol. The van der Waals surface area contributed by atoms with Gasteiger partial charge in [-0.3, -0.25) is 14.4 Å². The lowest BCUT2D eigenvalue weighted by Crippen LogP contribution is -2.44. The lowest BCUT2D eigenvalue weighted by atomic mass is 10.2. The smallest absolute Gasteiger partial charge is 0.290 e. The molecule has 4 rings (SSSR count). The summed E-state index contributed by atoms with van der Waals surface area (Å²) in [4.78, 5) is 42.3. The number of hydrogen-bond donors (Lipinski definition) is 0. The summed E-state index contributed by atoms with van der Waals surface area (Å²) in [5.41, 5.74) is 1.55. The van der Waals surface area contributed by atoms with Crippen LogP contribution in [0.3, 0.4) is 0 Å². The Balaban J connectivity index is 1.66. The van der Waals surface area contributed by atoms with Crippen molar-refractivity contribution in [2.45, 2.75) is 25.9 Å². The molecular weight excluding hydrogens is 376 g/mol. The number of amides is 3. The van der Waals surface area contributed by atoms with Crippen molar-refractivity contribution in [1.82, 2.24) is 4.90 Å². The molecule has 1 atom stereocenters. The Kier molecular flexibility index (Phi) is 4.83. The number of carbonyl (C=O) groups is 3. The van der Waals surface area contributed by atoms with Crippen molar-refractivity contribution in [3.63, 3.8) is 0 Å². The molecule has 1 aliphatic rings. The molecule has 3 heterocycles. The molecule has 0 spiro atoms. The van der Waals surface area contributed by atoms with Gasteiger partial charge in [-0.05, 0) is 42.6 Å². The predicted molar refractivity (Wildman–Crippen MR) is 105 cm³/mol. The quantitative estimate of drug-likeness (QED) is 0.620. The number of hydrogen-bond acceptors (Lipinski definition) is 5. The second kappa shape index (κ2) is 7.44. The largest absolute Gasteiger partial charge is 0.459 e. The highest BCUT2D eigenvalue weighted by molar-refractivity contribution is 7.09. The Hall–Kier alpha value is -3.19. The molecule has 6 nitrogen and oxygen atoms in total. The van der Waals surface area contributed by atoms with Crippen molar-refractivity contribution < 1.29 is 18.8 Å². The van der Waals surface area contributed by atoms with E-state index in [1.165, 1.54) is 27.4 Å². The third kappa shape index (κ3) is 3.36. The summed E-state index contributed by atoms with van der Waals surface area (Å²) in [6.45, 7) is 2.17. The maximum atomic E-state index is 13.1. The number of thiophene rings is 1. The molecule has 2 aromatic heterocycles. The highest BCUT2D eigenvalue weighted by Gasteiger charge is 2.45. The van der Waals surface area contributed by atoms with E-state index in [0.29, 0.717) is 5.69 Å². The van der Waals surface area contributed by atoms with Gasteiger partial charge in [-0.15, -0.1) is 11.3 Å². The minimum Gasteiger partial charge on any atom is -0.459 e. The van der Waals surface area contributed by atoms with Gasteiger partial charge < -0.3 is 9.32 Å². The molecule has 3 amide bonds. The summed E-state index contributed by atoms with van der Waals surface area (Å²) >= 11 is 1.49. The van der Waals surface area contributed by atoms with Gasteiger partial charge in [0.15, 0.2) is 5.76 Å². The molecule has 142 valence electrons. The molecule has 1 unspecified atom stereocenters. The molecule has 28 heavy (non-hydrogen) atoms. The summed E-state index contributed by atoms with van der Waals surface area (Å²) in [6.07, 6.45) is 1.36. The molecule has 1 aliphatic heterocycles. The van der Waals surface area contributed by atoms with Crippen molar-refractivity contribution in [3.05, 3.63) is 76.4 Å². The first-order chi connectivity index (χ1) is 13.5. The number of carbonyl (C=O) groups excluding carboxylic acids is 3. The fourth-order valence-electron chi connectivity index (χ4n) is 3.26. The molecule has 1 fully saturated rings. The zero-order valence-corrected chi connectivity index (χ0v) is 16.0. The second-order valence-electron chi connectivity index (χ2n) is 6.61. The van der Waals surface area contributed by atoms with E-state index in [9.17, 15) is 14.4 Å². The molecule has 1 saturated heterocycles. The van der Waals surface area contributed by atoms with Gasteiger partial charge in [0.25, 0.3) is 11.8 Å². The topological polar surface area (TPSA) is 70.8 Å². The number of imide groups is 1. The zero-order valence-electron chi connectivity index (χ0n) is 15.2. The van der Waals surface area contributed by atoms with E-state index < -0.39 is 17.9 Å². The van der Waals surface area contributed by atoms with E-state index in [0.717, 1.165) is 10.4 Å². The van der Waals surface area contributed by atoms with E-state index in [1.807, 2.05) is 36.6 Å². The van der Waals surface area contributed by atoms with Crippen molar-refractivity contribution in [2.75, 3.05) is 4.90 Å². The van der Waals surface area contributed by atoms with Gasteiger partial charge in [0.1, 0.15) is 6.04 Å². The molecule has 3 aromatic rings. The SMILES string of the molecule is Cc1ccc(N2C(=O)CC(N(Cc3cccs3)C(=O)c3ccco3)C2=O)cc1. The Bertz CT molecular complexity index is 994. The van der Waals surface area contributed by atoms with Crippen molar-refractivity contribution in [3.8, 4) is 0 Å². The number of nitrogens with zero attached hydrogens (tertiary/aromatic N) is 2. The van der Waals surface area contributed by atoms with E-state index in [2.05, 4.69) is 0 Å². The second-order valence-corrected chi connectivity index (χ2v) is 7.64. The first-order valence-corrected chi connectivity index (χ1v) is 9.73.